The fourth-order valence-corrected chi connectivity index (χ4v) is 2.14. The number of ketones is 4. The minimum Gasteiger partial charge on any atom is -0.289 e. The van der Waals surface area contributed by atoms with Crippen molar-refractivity contribution in [1.29, 1.82) is 0 Å². The average Bonchev–Trinajstić information content (AvgIpc) is 2.29. The molecule has 0 aromatic heterocycles. The van der Waals surface area contributed by atoms with E-state index < -0.39 is 23.1 Å². The van der Waals surface area contributed by atoms with Crippen molar-refractivity contribution in [1.82, 2.24) is 0 Å². The number of carbonyl (C=O) groups is 4. The molecule has 0 fully saturated rings. The second-order valence-electron chi connectivity index (χ2n) is 3.56. The molecule has 0 bridgehead atoms. The molecule has 0 saturated heterocycles. The summed E-state index contributed by atoms with van der Waals surface area (Å²) in [5.74, 6) is -1.81. The van der Waals surface area contributed by atoms with Gasteiger partial charge in [-0.15, -0.1) is 0 Å². The Morgan fingerprint density at radius 3 is 1.22 bits per heavy atom. The molecule has 0 atom stereocenters. The Bertz CT molecular complexity index is 576. The summed E-state index contributed by atoms with van der Waals surface area (Å²) in [5.41, 5.74) is -0.115. The van der Waals surface area contributed by atoms with E-state index in [2.05, 4.69) is 31.9 Å². The predicted molar refractivity (Wildman–Crippen MR) is 70.2 cm³/mol. The number of carbonyl (C=O) groups excluding carboxylic acids is 4. The van der Waals surface area contributed by atoms with Gasteiger partial charge in [0.2, 0.25) is 0 Å². The lowest BCUT2D eigenvalue weighted by Gasteiger charge is -2.13. The summed E-state index contributed by atoms with van der Waals surface area (Å²) in [5, 5.41) is 0. The first kappa shape index (κ1) is 13.0. The normalized spacial score (nSPS) is 20.3. The van der Waals surface area contributed by atoms with Crippen LogP contribution in [-0.4, -0.2) is 23.1 Å². The van der Waals surface area contributed by atoms with Crippen molar-refractivity contribution in [2.45, 2.75) is 0 Å². The van der Waals surface area contributed by atoms with Crippen LogP contribution in [0.2, 0.25) is 0 Å². The van der Waals surface area contributed by atoms with Crippen LogP contribution in [0.25, 0.3) is 0 Å². The highest BCUT2D eigenvalue weighted by Crippen LogP contribution is 2.26. The maximum Gasteiger partial charge on any atom is 0.193 e. The SMILES string of the molecule is O=C1C=C(C2=CC(=O)C(Br)=CC2=O)C(=O)C=C1Br. The van der Waals surface area contributed by atoms with Crippen LogP contribution in [0.3, 0.4) is 0 Å². The van der Waals surface area contributed by atoms with E-state index in [0.29, 0.717) is 0 Å². The zero-order valence-corrected chi connectivity index (χ0v) is 11.9. The molecule has 2 aliphatic rings. The molecule has 0 spiro atoms. The molecule has 0 amide bonds. The van der Waals surface area contributed by atoms with E-state index in [1.54, 1.807) is 0 Å². The molecule has 0 aliphatic heterocycles. The lowest BCUT2D eigenvalue weighted by molar-refractivity contribution is -0.116. The molecule has 2 aliphatic carbocycles. The summed E-state index contributed by atoms with van der Waals surface area (Å²) >= 11 is 5.87. The van der Waals surface area contributed by atoms with Gasteiger partial charge in [-0.05, 0) is 44.0 Å². The van der Waals surface area contributed by atoms with Gasteiger partial charge in [-0.2, -0.15) is 0 Å². The molecule has 0 saturated carbocycles. The highest BCUT2D eigenvalue weighted by molar-refractivity contribution is 9.12. The number of halogens is 2. The van der Waals surface area contributed by atoms with Crippen LogP contribution in [0.15, 0.2) is 44.4 Å². The summed E-state index contributed by atoms with van der Waals surface area (Å²) in [6, 6.07) is 0. The van der Waals surface area contributed by atoms with Crippen molar-refractivity contribution in [3.05, 3.63) is 44.4 Å². The lowest BCUT2D eigenvalue weighted by atomic mass is 9.90. The second-order valence-corrected chi connectivity index (χ2v) is 5.27. The standard InChI is InChI=1S/C12H4Br2O4/c13-7-3-9(15)5(1-11(7)17)6-2-12(18)8(14)4-10(6)16/h1-4H. The van der Waals surface area contributed by atoms with Crippen molar-refractivity contribution in [3.63, 3.8) is 0 Å². The van der Waals surface area contributed by atoms with E-state index in [1.165, 1.54) is 0 Å². The van der Waals surface area contributed by atoms with Crippen molar-refractivity contribution >= 4 is 55.0 Å². The summed E-state index contributed by atoms with van der Waals surface area (Å²) in [4.78, 5) is 46.3. The number of hydrogen-bond acceptors (Lipinski definition) is 4. The minimum atomic E-state index is -0.486. The number of hydrogen-bond donors (Lipinski definition) is 0. The Kier molecular flexibility index (Phi) is 3.41. The summed E-state index contributed by atoms with van der Waals surface area (Å²) < 4.78 is 0.256. The largest absolute Gasteiger partial charge is 0.289 e. The van der Waals surface area contributed by atoms with Gasteiger partial charge in [0.25, 0.3) is 0 Å². The van der Waals surface area contributed by atoms with E-state index >= 15 is 0 Å². The van der Waals surface area contributed by atoms with Crippen LogP contribution in [-0.2, 0) is 19.2 Å². The van der Waals surface area contributed by atoms with Crippen LogP contribution in [0.1, 0.15) is 0 Å². The molecule has 0 aromatic carbocycles. The van der Waals surface area contributed by atoms with E-state index in [1.807, 2.05) is 0 Å². The molecular formula is C12H4Br2O4. The van der Waals surface area contributed by atoms with Crippen molar-refractivity contribution < 1.29 is 19.2 Å². The molecule has 6 heteroatoms. The maximum absolute atomic E-state index is 11.7. The van der Waals surface area contributed by atoms with Crippen LogP contribution in [0.4, 0.5) is 0 Å². The molecule has 0 heterocycles. The molecule has 0 unspecified atom stereocenters. The van der Waals surface area contributed by atoms with Gasteiger partial charge in [0.1, 0.15) is 0 Å². The fraction of sp³-hybridized carbons (Fsp3) is 0. The van der Waals surface area contributed by atoms with Gasteiger partial charge in [-0.1, -0.05) is 0 Å². The molecule has 0 radical (unpaired) electrons. The third kappa shape index (κ3) is 2.26. The average molecular weight is 372 g/mol. The van der Waals surface area contributed by atoms with Gasteiger partial charge in [0, 0.05) is 23.3 Å². The Morgan fingerprint density at radius 2 is 0.889 bits per heavy atom. The highest BCUT2D eigenvalue weighted by Gasteiger charge is 2.28. The van der Waals surface area contributed by atoms with E-state index in [-0.39, 0.29) is 20.1 Å². The van der Waals surface area contributed by atoms with E-state index in [0.717, 1.165) is 24.3 Å². The van der Waals surface area contributed by atoms with Gasteiger partial charge < -0.3 is 0 Å². The first-order chi connectivity index (χ1) is 8.40. The Hall–Kier alpha value is -1.40. The summed E-state index contributed by atoms with van der Waals surface area (Å²) in [7, 11) is 0. The quantitative estimate of drug-likeness (QED) is 0.658. The van der Waals surface area contributed by atoms with Gasteiger partial charge in [0.05, 0.1) is 8.96 Å². The number of rotatable bonds is 1. The van der Waals surface area contributed by atoms with Crippen LogP contribution >= 0.6 is 31.9 Å². The second kappa shape index (κ2) is 4.70. The van der Waals surface area contributed by atoms with Crippen molar-refractivity contribution in [2.75, 3.05) is 0 Å². The van der Waals surface area contributed by atoms with Crippen LogP contribution in [0, 0.1) is 0 Å². The summed E-state index contributed by atoms with van der Waals surface area (Å²) in [6.07, 6.45) is 4.28. The van der Waals surface area contributed by atoms with Crippen molar-refractivity contribution in [2.24, 2.45) is 0 Å². The zero-order valence-electron chi connectivity index (χ0n) is 8.70. The molecule has 0 N–H and O–H groups in total. The first-order valence-electron chi connectivity index (χ1n) is 4.75. The molecular weight excluding hydrogens is 368 g/mol. The Labute approximate surface area is 118 Å². The van der Waals surface area contributed by atoms with E-state index in [4.69, 9.17) is 0 Å². The van der Waals surface area contributed by atoms with Crippen LogP contribution in [0.5, 0.6) is 0 Å². The topological polar surface area (TPSA) is 68.3 Å². The maximum atomic E-state index is 11.7. The first-order valence-corrected chi connectivity index (χ1v) is 6.34. The smallest absolute Gasteiger partial charge is 0.193 e. The number of allylic oxidation sites excluding steroid dienone is 8. The summed E-state index contributed by atoms with van der Waals surface area (Å²) in [6.45, 7) is 0. The van der Waals surface area contributed by atoms with Crippen LogP contribution < -0.4 is 0 Å². The predicted octanol–water partition coefficient (Wildman–Crippen LogP) is 1.70. The van der Waals surface area contributed by atoms with Crippen molar-refractivity contribution in [3.8, 4) is 0 Å². The Balaban J connectivity index is 2.46. The molecule has 2 rings (SSSR count). The zero-order chi connectivity index (χ0) is 13.4. The third-order valence-electron chi connectivity index (χ3n) is 2.36. The minimum absolute atomic E-state index is 0.0576. The Morgan fingerprint density at radius 1 is 0.556 bits per heavy atom. The van der Waals surface area contributed by atoms with Gasteiger partial charge in [0.15, 0.2) is 23.1 Å². The molecule has 18 heavy (non-hydrogen) atoms. The lowest BCUT2D eigenvalue weighted by Crippen LogP contribution is -2.19. The highest BCUT2D eigenvalue weighted by atomic mass is 79.9. The fourth-order valence-electron chi connectivity index (χ4n) is 1.49. The third-order valence-corrected chi connectivity index (χ3v) is 3.60. The van der Waals surface area contributed by atoms with E-state index in [9.17, 15) is 19.2 Å². The monoisotopic (exact) mass is 370 g/mol. The van der Waals surface area contributed by atoms with Gasteiger partial charge >= 0.3 is 0 Å². The van der Waals surface area contributed by atoms with Gasteiger partial charge in [-0.25, -0.2) is 0 Å². The molecule has 4 nitrogen and oxygen atoms in total. The van der Waals surface area contributed by atoms with Gasteiger partial charge in [-0.3, -0.25) is 19.2 Å². The molecule has 90 valence electrons. The molecule has 0 aromatic rings.